The summed E-state index contributed by atoms with van der Waals surface area (Å²) in [6, 6.07) is 7.38. The van der Waals surface area contributed by atoms with Crippen molar-refractivity contribution in [2.24, 2.45) is 0 Å². The molecule has 0 unspecified atom stereocenters. The van der Waals surface area contributed by atoms with Crippen LogP contribution < -0.4 is 0 Å². The van der Waals surface area contributed by atoms with Gasteiger partial charge in [-0.3, -0.25) is 10.1 Å². The van der Waals surface area contributed by atoms with Crippen LogP contribution in [0.5, 0.6) is 0 Å². The third-order valence-corrected chi connectivity index (χ3v) is 2.57. The van der Waals surface area contributed by atoms with E-state index in [1.807, 2.05) is 31.2 Å². The van der Waals surface area contributed by atoms with Crippen LogP contribution in [0.2, 0.25) is 0 Å². The van der Waals surface area contributed by atoms with Crippen LogP contribution in [0.3, 0.4) is 0 Å². The van der Waals surface area contributed by atoms with E-state index in [4.69, 9.17) is 10.2 Å². The number of hydrogen-bond donors (Lipinski definition) is 2. The Bertz CT molecular complexity index is 407. The molecule has 0 radical (unpaired) electrons. The van der Waals surface area contributed by atoms with E-state index >= 15 is 0 Å². The molecule has 0 spiro atoms. The molecule has 0 atom stereocenters. The number of aryl methyl sites for hydroxylation is 1. The molecule has 0 bridgehead atoms. The SMILES string of the molecule is Cc1ccc(/C=C/C(CO)(CO)[N+](=O)[O-])cc1. The molecule has 1 aromatic carbocycles. The molecule has 0 aliphatic rings. The van der Waals surface area contributed by atoms with Gasteiger partial charge in [-0.2, -0.15) is 0 Å². The molecule has 5 heteroatoms. The second kappa shape index (κ2) is 5.56. The minimum atomic E-state index is -1.81. The summed E-state index contributed by atoms with van der Waals surface area (Å²) >= 11 is 0. The van der Waals surface area contributed by atoms with Crippen LogP contribution in [0.15, 0.2) is 30.3 Å². The molecular weight excluding hydrogens is 222 g/mol. The normalized spacial score (nSPS) is 11.9. The number of aliphatic hydroxyl groups excluding tert-OH is 2. The molecule has 1 rings (SSSR count). The maximum Gasteiger partial charge on any atom is 0.285 e. The first-order chi connectivity index (χ1) is 8.04. The zero-order chi connectivity index (χ0) is 12.9. The van der Waals surface area contributed by atoms with Crippen molar-refractivity contribution in [2.75, 3.05) is 13.2 Å². The smallest absolute Gasteiger partial charge is 0.285 e. The van der Waals surface area contributed by atoms with Crippen molar-refractivity contribution in [1.29, 1.82) is 0 Å². The van der Waals surface area contributed by atoms with Gasteiger partial charge in [0.05, 0.1) is 0 Å². The van der Waals surface area contributed by atoms with E-state index in [1.165, 1.54) is 12.2 Å². The summed E-state index contributed by atoms with van der Waals surface area (Å²) in [7, 11) is 0. The van der Waals surface area contributed by atoms with E-state index in [2.05, 4.69) is 0 Å². The zero-order valence-corrected chi connectivity index (χ0v) is 9.54. The van der Waals surface area contributed by atoms with Gasteiger partial charge < -0.3 is 10.2 Å². The summed E-state index contributed by atoms with van der Waals surface area (Å²) in [5.41, 5.74) is 0.0564. The van der Waals surface area contributed by atoms with Crippen LogP contribution >= 0.6 is 0 Å². The van der Waals surface area contributed by atoms with Crippen LogP contribution in [0, 0.1) is 17.0 Å². The van der Waals surface area contributed by atoms with Gasteiger partial charge in [-0.05, 0) is 18.6 Å². The molecule has 0 amide bonds. The van der Waals surface area contributed by atoms with Crippen LogP contribution in [0.4, 0.5) is 0 Å². The first kappa shape index (κ1) is 13.3. The largest absolute Gasteiger partial charge is 0.388 e. The van der Waals surface area contributed by atoms with Crippen molar-refractivity contribution >= 4 is 6.08 Å². The topological polar surface area (TPSA) is 83.6 Å². The lowest BCUT2D eigenvalue weighted by atomic mass is 10.0. The lowest BCUT2D eigenvalue weighted by molar-refractivity contribution is -0.561. The number of nitrogens with zero attached hydrogens (tertiary/aromatic N) is 1. The molecule has 0 heterocycles. The summed E-state index contributed by atoms with van der Waals surface area (Å²) in [6.07, 6.45) is 2.74. The maximum atomic E-state index is 10.8. The Morgan fingerprint density at radius 1 is 1.29 bits per heavy atom. The predicted molar refractivity (Wildman–Crippen MR) is 64.1 cm³/mol. The second-order valence-corrected chi connectivity index (χ2v) is 3.92. The summed E-state index contributed by atoms with van der Waals surface area (Å²) in [6.45, 7) is 0.466. The number of nitro groups is 1. The van der Waals surface area contributed by atoms with E-state index in [9.17, 15) is 10.1 Å². The molecular formula is C12H15NO4. The Kier molecular flexibility index (Phi) is 4.37. The Balaban J connectivity index is 2.94. The highest BCUT2D eigenvalue weighted by Crippen LogP contribution is 2.14. The molecule has 1 aromatic rings. The van der Waals surface area contributed by atoms with Gasteiger partial charge in [0.2, 0.25) is 0 Å². The molecule has 5 nitrogen and oxygen atoms in total. The van der Waals surface area contributed by atoms with Gasteiger partial charge in [-0.15, -0.1) is 0 Å². The molecule has 92 valence electrons. The summed E-state index contributed by atoms with van der Waals surface area (Å²) in [4.78, 5) is 10.1. The Hall–Kier alpha value is -1.72. The Morgan fingerprint density at radius 2 is 1.82 bits per heavy atom. The molecule has 2 N–H and O–H groups in total. The Morgan fingerprint density at radius 3 is 2.24 bits per heavy atom. The summed E-state index contributed by atoms with van der Waals surface area (Å²) in [5.74, 6) is 0. The minimum absolute atomic E-state index is 0.683. The average Bonchev–Trinajstić information content (AvgIpc) is 2.33. The highest BCUT2D eigenvalue weighted by molar-refractivity contribution is 5.51. The lowest BCUT2D eigenvalue weighted by Crippen LogP contribution is -2.43. The fraction of sp³-hybridized carbons (Fsp3) is 0.333. The van der Waals surface area contributed by atoms with E-state index in [0.717, 1.165) is 11.1 Å². The quantitative estimate of drug-likeness (QED) is 0.591. The molecule has 0 aromatic heterocycles. The first-order valence-electron chi connectivity index (χ1n) is 5.16. The van der Waals surface area contributed by atoms with Crippen molar-refractivity contribution in [3.8, 4) is 0 Å². The van der Waals surface area contributed by atoms with Gasteiger partial charge >= 0.3 is 0 Å². The van der Waals surface area contributed by atoms with Gasteiger partial charge in [-0.25, -0.2) is 0 Å². The molecule has 17 heavy (non-hydrogen) atoms. The standard InChI is InChI=1S/C12H15NO4/c1-10-2-4-11(5-3-10)6-7-12(8-14,9-15)13(16)17/h2-7,14-15H,8-9H2,1H3/b7-6+. The molecule has 0 aliphatic carbocycles. The predicted octanol–water partition coefficient (Wildman–Crippen LogP) is 1.01. The van der Waals surface area contributed by atoms with Crippen molar-refractivity contribution in [2.45, 2.75) is 12.5 Å². The maximum absolute atomic E-state index is 10.8. The van der Waals surface area contributed by atoms with Crippen LogP contribution in [0.25, 0.3) is 6.08 Å². The number of benzene rings is 1. The van der Waals surface area contributed by atoms with Gasteiger partial charge in [0.15, 0.2) is 0 Å². The van der Waals surface area contributed by atoms with Crippen LogP contribution in [0.1, 0.15) is 11.1 Å². The fourth-order valence-corrected chi connectivity index (χ4v) is 1.26. The molecule has 0 saturated carbocycles. The molecule has 0 fully saturated rings. The van der Waals surface area contributed by atoms with Gasteiger partial charge in [0.25, 0.3) is 5.54 Å². The monoisotopic (exact) mass is 237 g/mol. The lowest BCUT2D eigenvalue weighted by Gasteiger charge is -2.16. The van der Waals surface area contributed by atoms with Crippen molar-refractivity contribution in [1.82, 2.24) is 0 Å². The summed E-state index contributed by atoms with van der Waals surface area (Å²) in [5, 5.41) is 28.8. The fourth-order valence-electron chi connectivity index (χ4n) is 1.26. The average molecular weight is 237 g/mol. The van der Waals surface area contributed by atoms with Crippen LogP contribution in [-0.4, -0.2) is 33.9 Å². The van der Waals surface area contributed by atoms with Crippen molar-refractivity contribution in [3.63, 3.8) is 0 Å². The van der Waals surface area contributed by atoms with Gasteiger partial charge in [0, 0.05) is 4.92 Å². The molecule has 0 saturated heterocycles. The Labute approximate surface area is 99.2 Å². The number of aliphatic hydroxyl groups is 2. The first-order valence-corrected chi connectivity index (χ1v) is 5.16. The van der Waals surface area contributed by atoms with Crippen molar-refractivity contribution in [3.05, 3.63) is 51.6 Å². The minimum Gasteiger partial charge on any atom is -0.388 e. The van der Waals surface area contributed by atoms with E-state index in [-0.39, 0.29) is 0 Å². The summed E-state index contributed by atoms with van der Waals surface area (Å²) < 4.78 is 0. The van der Waals surface area contributed by atoms with E-state index in [1.54, 1.807) is 0 Å². The van der Waals surface area contributed by atoms with Gasteiger partial charge in [-0.1, -0.05) is 35.9 Å². The van der Waals surface area contributed by atoms with Crippen LogP contribution in [-0.2, 0) is 0 Å². The van der Waals surface area contributed by atoms with Crippen molar-refractivity contribution < 1.29 is 15.1 Å². The third kappa shape index (κ3) is 3.12. The highest BCUT2D eigenvalue weighted by atomic mass is 16.6. The van der Waals surface area contributed by atoms with E-state index in [0.29, 0.717) is 0 Å². The molecule has 0 aliphatic heterocycles. The van der Waals surface area contributed by atoms with E-state index < -0.39 is 23.7 Å². The van der Waals surface area contributed by atoms with Gasteiger partial charge in [0.1, 0.15) is 13.2 Å². The zero-order valence-electron chi connectivity index (χ0n) is 9.54. The number of hydrogen-bond acceptors (Lipinski definition) is 4. The highest BCUT2D eigenvalue weighted by Gasteiger charge is 2.38. The third-order valence-electron chi connectivity index (χ3n) is 2.57. The number of rotatable bonds is 5. The second-order valence-electron chi connectivity index (χ2n) is 3.92.